The second kappa shape index (κ2) is 9.62. The maximum atomic E-state index is 13.6. The van der Waals surface area contributed by atoms with Crippen LogP contribution in [0, 0.1) is 5.82 Å². The standard InChI is InChI=1S/C16H25FN2O3S/c1-3-4-13-23(21,22)18-10-12-19(14(2)20)11-9-15-7-5-6-8-16(15)17/h5-8,18H,3-4,9-13H2,1-2H3. The molecule has 5 nitrogen and oxygen atoms in total. The molecule has 0 unspecified atom stereocenters. The molecule has 1 aromatic rings. The molecule has 0 fully saturated rings. The molecule has 130 valence electrons. The number of sulfonamides is 1. The van der Waals surface area contributed by atoms with Gasteiger partial charge in [0.05, 0.1) is 5.75 Å². The highest BCUT2D eigenvalue weighted by Crippen LogP contribution is 2.08. The van der Waals surface area contributed by atoms with Crippen molar-refractivity contribution in [3.05, 3.63) is 35.6 Å². The molecule has 0 aliphatic heterocycles. The molecule has 23 heavy (non-hydrogen) atoms. The van der Waals surface area contributed by atoms with E-state index in [0.717, 1.165) is 6.42 Å². The highest BCUT2D eigenvalue weighted by atomic mass is 32.2. The zero-order valence-corrected chi connectivity index (χ0v) is 14.5. The van der Waals surface area contributed by atoms with Crippen LogP contribution >= 0.6 is 0 Å². The molecule has 7 heteroatoms. The summed E-state index contributed by atoms with van der Waals surface area (Å²) >= 11 is 0. The highest BCUT2D eigenvalue weighted by molar-refractivity contribution is 7.89. The van der Waals surface area contributed by atoms with Gasteiger partial charge in [-0.25, -0.2) is 17.5 Å². The van der Waals surface area contributed by atoms with Crippen molar-refractivity contribution in [3.8, 4) is 0 Å². The number of nitrogens with zero attached hydrogens (tertiary/aromatic N) is 1. The van der Waals surface area contributed by atoms with Crippen LogP contribution < -0.4 is 4.72 Å². The summed E-state index contributed by atoms with van der Waals surface area (Å²) in [6, 6.07) is 6.43. The second-order valence-electron chi connectivity index (χ2n) is 5.41. The fourth-order valence-electron chi connectivity index (χ4n) is 2.13. The van der Waals surface area contributed by atoms with Gasteiger partial charge < -0.3 is 4.90 Å². The fourth-order valence-corrected chi connectivity index (χ4v) is 3.34. The van der Waals surface area contributed by atoms with E-state index in [9.17, 15) is 17.6 Å². The number of unbranched alkanes of at least 4 members (excludes halogenated alkanes) is 1. The SMILES string of the molecule is CCCCS(=O)(=O)NCCN(CCc1ccccc1F)C(C)=O. The fraction of sp³-hybridized carbons (Fsp3) is 0.562. The van der Waals surface area contributed by atoms with Gasteiger partial charge in [0.2, 0.25) is 15.9 Å². The molecule has 0 aliphatic rings. The first-order valence-corrected chi connectivity index (χ1v) is 9.47. The summed E-state index contributed by atoms with van der Waals surface area (Å²) in [6.07, 6.45) is 1.82. The number of amides is 1. The Kier molecular flexibility index (Phi) is 8.19. The van der Waals surface area contributed by atoms with Crippen LogP contribution in [0.1, 0.15) is 32.3 Å². The largest absolute Gasteiger partial charge is 0.341 e. The molecule has 0 radical (unpaired) electrons. The van der Waals surface area contributed by atoms with E-state index in [1.165, 1.54) is 17.9 Å². The number of hydrogen-bond donors (Lipinski definition) is 1. The van der Waals surface area contributed by atoms with Crippen molar-refractivity contribution in [2.75, 3.05) is 25.4 Å². The molecule has 0 saturated heterocycles. The Morgan fingerprint density at radius 3 is 2.57 bits per heavy atom. The molecule has 0 aromatic heterocycles. The van der Waals surface area contributed by atoms with Gasteiger partial charge in [-0.05, 0) is 24.5 Å². The topological polar surface area (TPSA) is 66.5 Å². The summed E-state index contributed by atoms with van der Waals surface area (Å²) in [5.74, 6) is -0.357. The minimum Gasteiger partial charge on any atom is -0.341 e. The Morgan fingerprint density at radius 1 is 1.26 bits per heavy atom. The highest BCUT2D eigenvalue weighted by Gasteiger charge is 2.13. The first-order chi connectivity index (χ1) is 10.9. The average molecular weight is 344 g/mol. The Balaban J connectivity index is 2.47. The Hall–Kier alpha value is -1.47. The van der Waals surface area contributed by atoms with Crippen molar-refractivity contribution >= 4 is 15.9 Å². The second-order valence-corrected chi connectivity index (χ2v) is 7.34. The summed E-state index contributed by atoms with van der Waals surface area (Å²) in [5, 5.41) is 0. The number of carbonyl (C=O) groups excluding carboxylic acids is 1. The molecule has 0 heterocycles. The first kappa shape index (κ1) is 19.6. The minimum absolute atomic E-state index is 0.0960. The molecule has 0 saturated carbocycles. The lowest BCUT2D eigenvalue weighted by atomic mass is 10.1. The van der Waals surface area contributed by atoms with Crippen molar-refractivity contribution in [2.45, 2.75) is 33.1 Å². The quantitative estimate of drug-likeness (QED) is 0.705. The molecule has 0 aliphatic carbocycles. The van der Waals surface area contributed by atoms with E-state index in [4.69, 9.17) is 0 Å². The summed E-state index contributed by atoms with van der Waals surface area (Å²) in [5.41, 5.74) is 0.544. The summed E-state index contributed by atoms with van der Waals surface area (Å²) in [6.45, 7) is 4.15. The maximum Gasteiger partial charge on any atom is 0.219 e. The number of carbonyl (C=O) groups is 1. The van der Waals surface area contributed by atoms with Crippen LogP contribution in [0.4, 0.5) is 4.39 Å². The lowest BCUT2D eigenvalue weighted by Gasteiger charge is -2.21. The third-order valence-electron chi connectivity index (χ3n) is 3.52. The number of benzene rings is 1. The van der Waals surface area contributed by atoms with Gasteiger partial charge >= 0.3 is 0 Å². The summed E-state index contributed by atoms with van der Waals surface area (Å²) in [4.78, 5) is 13.2. The number of halogens is 1. The molecule has 1 amide bonds. The van der Waals surface area contributed by atoms with Crippen LogP contribution in [-0.2, 0) is 21.2 Å². The number of rotatable bonds is 10. The van der Waals surface area contributed by atoms with Crippen LogP contribution in [-0.4, -0.2) is 44.6 Å². The van der Waals surface area contributed by atoms with Crippen LogP contribution in [0.3, 0.4) is 0 Å². The van der Waals surface area contributed by atoms with E-state index < -0.39 is 10.0 Å². The van der Waals surface area contributed by atoms with Gasteiger partial charge in [-0.2, -0.15) is 0 Å². The Labute approximate surface area is 137 Å². The van der Waals surface area contributed by atoms with Gasteiger partial charge in [-0.15, -0.1) is 0 Å². The van der Waals surface area contributed by atoms with E-state index in [0.29, 0.717) is 24.9 Å². The van der Waals surface area contributed by atoms with Crippen LogP contribution in [0.15, 0.2) is 24.3 Å². The molecule has 0 atom stereocenters. The molecule has 1 N–H and O–H groups in total. The minimum atomic E-state index is -3.29. The molecule has 0 spiro atoms. The lowest BCUT2D eigenvalue weighted by Crippen LogP contribution is -2.39. The lowest BCUT2D eigenvalue weighted by molar-refractivity contribution is -0.128. The van der Waals surface area contributed by atoms with Gasteiger partial charge in [0.1, 0.15) is 5.82 Å². The predicted octanol–water partition coefficient (Wildman–Crippen LogP) is 1.94. The van der Waals surface area contributed by atoms with E-state index in [2.05, 4.69) is 4.72 Å². The van der Waals surface area contributed by atoms with Crippen molar-refractivity contribution < 1.29 is 17.6 Å². The normalized spacial score (nSPS) is 11.4. The Morgan fingerprint density at radius 2 is 1.96 bits per heavy atom. The Bertz CT molecular complexity index is 605. The van der Waals surface area contributed by atoms with Gasteiger partial charge in [0, 0.05) is 26.6 Å². The van der Waals surface area contributed by atoms with Gasteiger partial charge in [-0.3, -0.25) is 4.79 Å². The molecule has 1 rings (SSSR count). The zero-order valence-electron chi connectivity index (χ0n) is 13.7. The summed E-state index contributed by atoms with van der Waals surface area (Å²) < 4.78 is 39.5. The van der Waals surface area contributed by atoms with Gasteiger partial charge in [0.25, 0.3) is 0 Å². The average Bonchev–Trinajstić information content (AvgIpc) is 2.49. The van der Waals surface area contributed by atoms with E-state index in [1.54, 1.807) is 18.2 Å². The maximum absolute atomic E-state index is 13.6. The predicted molar refractivity (Wildman–Crippen MR) is 89.1 cm³/mol. The van der Waals surface area contributed by atoms with Gasteiger partial charge in [0.15, 0.2) is 0 Å². The van der Waals surface area contributed by atoms with Crippen molar-refractivity contribution in [1.82, 2.24) is 9.62 Å². The first-order valence-electron chi connectivity index (χ1n) is 7.82. The van der Waals surface area contributed by atoms with E-state index >= 15 is 0 Å². The van der Waals surface area contributed by atoms with Crippen molar-refractivity contribution in [3.63, 3.8) is 0 Å². The van der Waals surface area contributed by atoms with Crippen molar-refractivity contribution in [2.24, 2.45) is 0 Å². The molecule has 1 aromatic carbocycles. The number of hydrogen-bond acceptors (Lipinski definition) is 3. The van der Waals surface area contributed by atoms with Crippen LogP contribution in [0.5, 0.6) is 0 Å². The van der Waals surface area contributed by atoms with E-state index in [-0.39, 0.29) is 30.6 Å². The molecule has 0 bridgehead atoms. The monoisotopic (exact) mass is 344 g/mol. The summed E-state index contributed by atoms with van der Waals surface area (Å²) in [7, 11) is -3.29. The third-order valence-corrected chi connectivity index (χ3v) is 4.99. The zero-order chi connectivity index (χ0) is 17.3. The molecular formula is C16H25FN2O3S. The molecular weight excluding hydrogens is 319 g/mol. The van der Waals surface area contributed by atoms with Crippen LogP contribution in [0.2, 0.25) is 0 Å². The van der Waals surface area contributed by atoms with Gasteiger partial charge in [-0.1, -0.05) is 31.5 Å². The third kappa shape index (κ3) is 7.56. The van der Waals surface area contributed by atoms with Crippen molar-refractivity contribution in [1.29, 1.82) is 0 Å². The smallest absolute Gasteiger partial charge is 0.219 e. The van der Waals surface area contributed by atoms with Crippen LogP contribution in [0.25, 0.3) is 0 Å². The number of nitrogens with one attached hydrogen (secondary N) is 1. The van der Waals surface area contributed by atoms with E-state index in [1.807, 2.05) is 6.92 Å².